The Kier molecular flexibility index (Phi) is 6.71. The standard InChI is InChI=1S/C19H22N6O3S.ClH/c1-13-9-14(2)11-16(10-13)28-17-4-3-15(19-21-23-24-22-19)12-18(17)29(26,27)25-7-5-20-6-8-25;/h3-4,9-12,20H,5-8H2,1-2H3,(H,21,22,23,24);1H. The number of ether oxygens (including phenoxy) is 1. The number of hydrogen-bond acceptors (Lipinski definition) is 7. The molecular formula is C19H23ClN6O3S. The molecule has 2 heterocycles. The molecule has 0 amide bonds. The average molecular weight is 451 g/mol. The van der Waals surface area contributed by atoms with Gasteiger partial charge >= 0.3 is 0 Å². The van der Waals surface area contributed by atoms with Crippen molar-refractivity contribution in [3.63, 3.8) is 0 Å². The van der Waals surface area contributed by atoms with E-state index in [1.807, 2.05) is 32.0 Å². The van der Waals surface area contributed by atoms with Crippen LogP contribution in [0.1, 0.15) is 11.1 Å². The predicted octanol–water partition coefficient (Wildman–Crippen LogP) is 2.29. The highest BCUT2D eigenvalue weighted by Crippen LogP contribution is 2.34. The summed E-state index contributed by atoms with van der Waals surface area (Å²) in [6.45, 7) is 5.96. The third kappa shape index (κ3) is 4.62. The highest BCUT2D eigenvalue weighted by molar-refractivity contribution is 7.89. The summed E-state index contributed by atoms with van der Waals surface area (Å²) < 4.78 is 34.3. The molecule has 2 aromatic carbocycles. The molecule has 0 atom stereocenters. The minimum atomic E-state index is -3.76. The Labute approximate surface area is 181 Å². The summed E-state index contributed by atoms with van der Waals surface area (Å²) in [4.78, 5) is 0.0902. The van der Waals surface area contributed by atoms with E-state index in [1.54, 1.807) is 18.2 Å². The molecule has 0 aliphatic carbocycles. The van der Waals surface area contributed by atoms with Crippen LogP contribution in [-0.2, 0) is 10.0 Å². The number of sulfonamides is 1. The fraction of sp³-hybridized carbons (Fsp3) is 0.316. The number of aromatic amines is 1. The van der Waals surface area contributed by atoms with Crippen molar-refractivity contribution in [3.05, 3.63) is 47.5 Å². The number of nitrogens with zero attached hydrogens (tertiary/aromatic N) is 4. The van der Waals surface area contributed by atoms with E-state index in [-0.39, 0.29) is 23.1 Å². The van der Waals surface area contributed by atoms with Crippen molar-refractivity contribution in [3.8, 4) is 22.9 Å². The Morgan fingerprint density at radius 1 is 1.03 bits per heavy atom. The third-order valence-corrected chi connectivity index (χ3v) is 6.60. The summed E-state index contributed by atoms with van der Waals surface area (Å²) in [5, 5.41) is 16.9. The zero-order valence-corrected chi connectivity index (χ0v) is 18.3. The van der Waals surface area contributed by atoms with Gasteiger partial charge in [-0.3, -0.25) is 0 Å². The van der Waals surface area contributed by atoms with Gasteiger partial charge in [-0.15, -0.1) is 17.5 Å². The lowest BCUT2D eigenvalue weighted by Crippen LogP contribution is -2.46. The van der Waals surface area contributed by atoms with E-state index in [0.717, 1.165) is 11.1 Å². The number of piperazine rings is 1. The van der Waals surface area contributed by atoms with Crippen molar-refractivity contribution < 1.29 is 13.2 Å². The average Bonchev–Trinajstić information content (AvgIpc) is 3.23. The number of aromatic nitrogens is 4. The first-order valence-electron chi connectivity index (χ1n) is 9.29. The number of nitrogens with one attached hydrogen (secondary N) is 2. The number of halogens is 1. The number of H-pyrrole nitrogens is 1. The second-order valence-electron chi connectivity index (χ2n) is 6.99. The van der Waals surface area contributed by atoms with Crippen molar-refractivity contribution in [1.82, 2.24) is 30.2 Å². The lowest BCUT2D eigenvalue weighted by molar-refractivity contribution is 0.358. The Hall–Kier alpha value is -2.53. The van der Waals surface area contributed by atoms with E-state index in [1.165, 1.54) is 4.31 Å². The van der Waals surface area contributed by atoms with Crippen molar-refractivity contribution in [2.75, 3.05) is 26.2 Å². The smallest absolute Gasteiger partial charge is 0.246 e. The van der Waals surface area contributed by atoms with Gasteiger partial charge in [-0.05, 0) is 65.7 Å². The van der Waals surface area contributed by atoms with Gasteiger partial charge in [-0.1, -0.05) is 6.07 Å². The maximum atomic E-state index is 13.4. The summed E-state index contributed by atoms with van der Waals surface area (Å²) in [5.74, 6) is 1.25. The highest BCUT2D eigenvalue weighted by Gasteiger charge is 2.30. The Bertz CT molecular complexity index is 1100. The maximum Gasteiger partial charge on any atom is 0.246 e. The van der Waals surface area contributed by atoms with Crippen molar-refractivity contribution >= 4 is 22.4 Å². The normalized spacial score (nSPS) is 14.9. The van der Waals surface area contributed by atoms with Gasteiger partial charge in [0.05, 0.1) is 0 Å². The summed E-state index contributed by atoms with van der Waals surface area (Å²) in [6.07, 6.45) is 0. The van der Waals surface area contributed by atoms with E-state index >= 15 is 0 Å². The molecule has 1 saturated heterocycles. The summed E-state index contributed by atoms with van der Waals surface area (Å²) in [5.41, 5.74) is 2.64. The number of hydrogen-bond donors (Lipinski definition) is 2. The van der Waals surface area contributed by atoms with Crippen LogP contribution in [0.4, 0.5) is 0 Å². The van der Waals surface area contributed by atoms with E-state index in [4.69, 9.17) is 4.74 Å². The summed E-state index contributed by atoms with van der Waals surface area (Å²) in [6, 6.07) is 10.7. The zero-order chi connectivity index (χ0) is 20.4. The van der Waals surface area contributed by atoms with Crippen LogP contribution in [0.25, 0.3) is 11.4 Å². The monoisotopic (exact) mass is 450 g/mol. The van der Waals surface area contributed by atoms with Gasteiger partial charge in [-0.25, -0.2) is 13.5 Å². The lowest BCUT2D eigenvalue weighted by atomic mass is 10.1. The van der Waals surface area contributed by atoms with Gasteiger partial charge in [-0.2, -0.15) is 4.31 Å². The first kappa shape index (κ1) is 22.2. The van der Waals surface area contributed by atoms with Gasteiger partial charge in [0, 0.05) is 31.7 Å². The number of benzene rings is 2. The molecule has 1 aromatic heterocycles. The molecule has 0 spiro atoms. The molecule has 11 heteroatoms. The molecule has 9 nitrogen and oxygen atoms in total. The number of aryl methyl sites for hydroxylation is 2. The predicted molar refractivity (Wildman–Crippen MR) is 114 cm³/mol. The van der Waals surface area contributed by atoms with E-state index < -0.39 is 10.0 Å². The van der Waals surface area contributed by atoms with Crippen molar-refractivity contribution in [2.24, 2.45) is 0 Å². The molecule has 160 valence electrons. The van der Waals surface area contributed by atoms with Gasteiger partial charge in [0.25, 0.3) is 0 Å². The number of tetrazole rings is 1. The fourth-order valence-electron chi connectivity index (χ4n) is 3.37. The molecule has 0 radical (unpaired) electrons. The van der Waals surface area contributed by atoms with Crippen molar-refractivity contribution in [1.29, 1.82) is 0 Å². The van der Waals surface area contributed by atoms with E-state index in [2.05, 4.69) is 25.9 Å². The molecule has 1 fully saturated rings. The molecule has 0 bridgehead atoms. The zero-order valence-electron chi connectivity index (χ0n) is 16.6. The summed E-state index contributed by atoms with van der Waals surface area (Å²) in [7, 11) is -3.76. The topological polar surface area (TPSA) is 113 Å². The van der Waals surface area contributed by atoms with Crippen molar-refractivity contribution in [2.45, 2.75) is 18.7 Å². The molecular weight excluding hydrogens is 428 g/mol. The van der Waals surface area contributed by atoms with Crippen LogP contribution < -0.4 is 10.1 Å². The number of rotatable bonds is 5. The first-order chi connectivity index (χ1) is 13.9. The lowest BCUT2D eigenvalue weighted by Gasteiger charge is -2.27. The van der Waals surface area contributed by atoms with E-state index in [0.29, 0.717) is 43.3 Å². The van der Waals surface area contributed by atoms with Crippen LogP contribution in [0, 0.1) is 13.8 Å². The van der Waals surface area contributed by atoms with Crippen LogP contribution >= 0.6 is 12.4 Å². The van der Waals surface area contributed by atoms with Gasteiger partial charge < -0.3 is 10.1 Å². The van der Waals surface area contributed by atoms with Gasteiger partial charge in [0.2, 0.25) is 10.0 Å². The molecule has 1 aliphatic rings. The Morgan fingerprint density at radius 3 is 2.37 bits per heavy atom. The first-order valence-corrected chi connectivity index (χ1v) is 10.7. The second kappa shape index (κ2) is 9.09. The van der Waals surface area contributed by atoms with Gasteiger partial charge in [0.1, 0.15) is 16.4 Å². The minimum Gasteiger partial charge on any atom is -0.456 e. The minimum absolute atomic E-state index is 0. The molecule has 30 heavy (non-hydrogen) atoms. The second-order valence-corrected chi connectivity index (χ2v) is 8.90. The molecule has 2 N–H and O–H groups in total. The Morgan fingerprint density at radius 2 is 1.73 bits per heavy atom. The summed E-state index contributed by atoms with van der Waals surface area (Å²) >= 11 is 0. The highest BCUT2D eigenvalue weighted by atomic mass is 35.5. The molecule has 1 aliphatic heterocycles. The SMILES string of the molecule is Cc1cc(C)cc(Oc2ccc(-c3nnn[nH]3)cc2S(=O)(=O)N2CCNCC2)c1.Cl. The van der Waals surface area contributed by atoms with E-state index in [9.17, 15) is 8.42 Å². The quantitative estimate of drug-likeness (QED) is 0.613. The maximum absolute atomic E-state index is 13.4. The van der Waals surface area contributed by atoms with Crippen LogP contribution in [0.3, 0.4) is 0 Å². The molecule has 0 unspecified atom stereocenters. The van der Waals surface area contributed by atoms with Gasteiger partial charge in [0.15, 0.2) is 5.82 Å². The Balaban J connectivity index is 0.00000256. The van der Waals surface area contributed by atoms with Crippen LogP contribution in [0.2, 0.25) is 0 Å². The fourth-order valence-corrected chi connectivity index (χ4v) is 4.95. The molecule has 4 rings (SSSR count). The van der Waals surface area contributed by atoms with Crippen LogP contribution in [-0.4, -0.2) is 59.5 Å². The van der Waals surface area contributed by atoms with Crippen LogP contribution in [0.5, 0.6) is 11.5 Å². The third-order valence-electron chi connectivity index (χ3n) is 4.68. The molecule has 3 aromatic rings. The van der Waals surface area contributed by atoms with Crippen LogP contribution in [0.15, 0.2) is 41.3 Å². The molecule has 0 saturated carbocycles. The largest absolute Gasteiger partial charge is 0.456 e.